The van der Waals surface area contributed by atoms with E-state index >= 15 is 0 Å². The average Bonchev–Trinajstić information content (AvgIpc) is 3.35. The van der Waals surface area contributed by atoms with Crippen molar-refractivity contribution in [2.24, 2.45) is 0 Å². The Hall–Kier alpha value is -2.99. The number of carbonyl (C=O) groups excluding carboxylic acids is 1. The van der Waals surface area contributed by atoms with Crippen LogP contribution in [0.4, 0.5) is 0 Å². The van der Waals surface area contributed by atoms with Gasteiger partial charge in [0.15, 0.2) is 17.1 Å². The summed E-state index contributed by atoms with van der Waals surface area (Å²) in [6, 6.07) is 11.4. The molecule has 0 bridgehead atoms. The van der Waals surface area contributed by atoms with Crippen molar-refractivity contribution in [1.82, 2.24) is 19.8 Å². The highest BCUT2D eigenvalue weighted by molar-refractivity contribution is 6.30. The van der Waals surface area contributed by atoms with Crippen molar-refractivity contribution in [2.45, 2.75) is 32.1 Å². The van der Waals surface area contributed by atoms with Crippen molar-refractivity contribution < 1.29 is 9.21 Å². The molecule has 3 aromatic heterocycles. The third-order valence-electron chi connectivity index (χ3n) is 5.24. The minimum Gasteiger partial charge on any atom is -0.469 e. The molecule has 7 heteroatoms. The molecule has 0 saturated carbocycles. The predicted octanol–water partition coefficient (Wildman–Crippen LogP) is 4.51. The highest BCUT2D eigenvalue weighted by Crippen LogP contribution is 2.35. The molecule has 3 heterocycles. The lowest BCUT2D eigenvalue weighted by Crippen LogP contribution is -2.24. The fourth-order valence-corrected chi connectivity index (χ4v) is 4.12. The van der Waals surface area contributed by atoms with Crippen molar-refractivity contribution in [3.05, 3.63) is 70.5 Å². The molecule has 0 spiro atoms. The van der Waals surface area contributed by atoms with Gasteiger partial charge in [0.1, 0.15) is 5.76 Å². The second kappa shape index (κ2) is 6.56. The van der Waals surface area contributed by atoms with E-state index in [9.17, 15) is 4.79 Å². The Balaban J connectivity index is 1.72. The third kappa shape index (κ3) is 2.64. The van der Waals surface area contributed by atoms with Gasteiger partial charge in [-0.05, 0) is 36.2 Å². The van der Waals surface area contributed by atoms with E-state index in [1.54, 1.807) is 10.8 Å². The molecule has 0 amide bonds. The molecule has 5 rings (SSSR count). The molecule has 0 aliphatic heterocycles. The number of aromatic nitrogens is 4. The van der Waals surface area contributed by atoms with Gasteiger partial charge < -0.3 is 4.42 Å². The smallest absolute Gasteiger partial charge is 0.185 e. The Morgan fingerprint density at radius 3 is 2.86 bits per heavy atom. The number of fused-ring (bicyclic) bond motifs is 3. The summed E-state index contributed by atoms with van der Waals surface area (Å²) in [6.45, 7) is 2.05. The van der Waals surface area contributed by atoms with Crippen LogP contribution in [0.2, 0.25) is 5.02 Å². The Labute approximate surface area is 166 Å². The van der Waals surface area contributed by atoms with Gasteiger partial charge in [-0.2, -0.15) is 5.10 Å². The molecule has 1 unspecified atom stereocenters. The maximum atomic E-state index is 12.7. The molecule has 0 saturated heterocycles. The van der Waals surface area contributed by atoms with Gasteiger partial charge in [-0.15, -0.1) is 10.2 Å². The van der Waals surface area contributed by atoms with Gasteiger partial charge in [0.25, 0.3) is 0 Å². The number of hydrogen-bond acceptors (Lipinski definition) is 5. The molecule has 28 heavy (non-hydrogen) atoms. The number of carbonyl (C=O) groups is 1. The summed E-state index contributed by atoms with van der Waals surface area (Å²) in [7, 11) is 0. The van der Waals surface area contributed by atoms with Crippen LogP contribution in [-0.4, -0.2) is 25.6 Å². The number of aryl methyl sites for hydroxylation is 1. The number of hydrogen-bond donors (Lipinski definition) is 0. The van der Waals surface area contributed by atoms with Crippen LogP contribution in [0.25, 0.3) is 16.8 Å². The summed E-state index contributed by atoms with van der Waals surface area (Å²) in [6.07, 6.45) is 3.36. The van der Waals surface area contributed by atoms with Gasteiger partial charge >= 0.3 is 0 Å². The molecule has 1 aliphatic rings. The lowest BCUT2D eigenvalue weighted by atomic mass is 9.87. The van der Waals surface area contributed by atoms with Crippen molar-refractivity contribution in [3.8, 4) is 11.1 Å². The van der Waals surface area contributed by atoms with Gasteiger partial charge in [-0.3, -0.25) is 4.79 Å². The van der Waals surface area contributed by atoms with Crippen LogP contribution in [0.1, 0.15) is 46.9 Å². The second-order valence-electron chi connectivity index (χ2n) is 6.96. The molecule has 0 N–H and O–H groups in total. The van der Waals surface area contributed by atoms with Gasteiger partial charge in [0.2, 0.25) is 0 Å². The second-order valence-corrected chi connectivity index (χ2v) is 7.40. The number of Topliss-reactive ketones (excluding diaryl/α,β-unsaturated/α-hetero) is 1. The van der Waals surface area contributed by atoms with Crippen molar-refractivity contribution in [3.63, 3.8) is 0 Å². The first kappa shape index (κ1) is 17.1. The Morgan fingerprint density at radius 2 is 2.11 bits per heavy atom. The summed E-state index contributed by atoms with van der Waals surface area (Å²) >= 11 is 6.20. The topological polar surface area (TPSA) is 73.3 Å². The first-order valence-corrected chi connectivity index (χ1v) is 9.63. The Bertz CT molecular complexity index is 1200. The van der Waals surface area contributed by atoms with Crippen LogP contribution in [0.3, 0.4) is 0 Å². The predicted molar refractivity (Wildman–Crippen MR) is 105 cm³/mol. The highest BCUT2D eigenvalue weighted by Gasteiger charge is 2.32. The monoisotopic (exact) mass is 392 g/mol. The van der Waals surface area contributed by atoms with Crippen LogP contribution >= 0.6 is 11.6 Å². The van der Waals surface area contributed by atoms with E-state index < -0.39 is 0 Å². The molecule has 140 valence electrons. The summed E-state index contributed by atoms with van der Waals surface area (Å²) < 4.78 is 7.33. The molecule has 6 nitrogen and oxygen atoms in total. The molecule has 0 fully saturated rings. The normalized spacial score (nSPS) is 16.5. The molecule has 1 aromatic carbocycles. The van der Waals surface area contributed by atoms with Crippen LogP contribution in [0.5, 0.6) is 0 Å². The summed E-state index contributed by atoms with van der Waals surface area (Å²) in [5.74, 6) is 0.753. The minimum atomic E-state index is -0.0325. The molecule has 1 atom stereocenters. The third-order valence-corrected chi connectivity index (χ3v) is 5.47. The molecule has 0 radical (unpaired) electrons. The first-order chi connectivity index (χ1) is 13.7. The number of ketones is 1. The number of halogens is 1. The zero-order valence-electron chi connectivity index (χ0n) is 15.2. The maximum Gasteiger partial charge on any atom is 0.185 e. The zero-order valence-corrected chi connectivity index (χ0v) is 16.0. The van der Waals surface area contributed by atoms with Crippen molar-refractivity contribution in [1.29, 1.82) is 0 Å². The Kier molecular flexibility index (Phi) is 4.02. The number of nitrogens with zero attached hydrogens (tertiary/aromatic N) is 4. The molecule has 1 aliphatic carbocycles. The van der Waals surface area contributed by atoms with Crippen LogP contribution in [0.15, 0.2) is 47.1 Å². The zero-order chi connectivity index (χ0) is 19.3. The molecule has 4 aromatic rings. The van der Waals surface area contributed by atoms with E-state index in [1.165, 1.54) is 0 Å². The van der Waals surface area contributed by atoms with Crippen LogP contribution in [-0.2, 0) is 12.8 Å². The number of rotatable bonds is 3. The molecular weight excluding hydrogens is 376 g/mol. The van der Waals surface area contributed by atoms with E-state index in [2.05, 4.69) is 10.2 Å². The maximum absolute atomic E-state index is 12.7. The fourth-order valence-electron chi connectivity index (χ4n) is 3.93. The quantitative estimate of drug-likeness (QED) is 0.512. The summed E-state index contributed by atoms with van der Waals surface area (Å²) in [5.41, 5.74) is 4.58. The lowest BCUT2D eigenvalue weighted by Gasteiger charge is -2.21. The minimum absolute atomic E-state index is 0.0219. The van der Waals surface area contributed by atoms with Crippen molar-refractivity contribution >= 4 is 23.0 Å². The van der Waals surface area contributed by atoms with Gasteiger partial charge in [-0.1, -0.05) is 30.7 Å². The lowest BCUT2D eigenvalue weighted by molar-refractivity contribution is 0.0951. The largest absolute Gasteiger partial charge is 0.469 e. The van der Waals surface area contributed by atoms with E-state index in [4.69, 9.17) is 21.1 Å². The summed E-state index contributed by atoms with van der Waals surface area (Å²) in [5, 5.41) is 14.1. The number of furan rings is 1. The standard InChI is InChI=1S/C21H17ClN4O2/c1-2-15-19(12-5-3-6-14(22)9-12)21-24-23-20-16(26(21)25-15)10-13(11-17(20)27)18-7-4-8-28-18/h3-9,13H,2,10-11H2,1H3. The fraction of sp³-hybridized carbons (Fsp3) is 0.238. The summed E-state index contributed by atoms with van der Waals surface area (Å²) in [4.78, 5) is 12.7. The van der Waals surface area contributed by atoms with Gasteiger partial charge in [-0.25, -0.2) is 4.52 Å². The molecular formula is C21H17ClN4O2. The highest BCUT2D eigenvalue weighted by atomic mass is 35.5. The average molecular weight is 393 g/mol. The van der Waals surface area contributed by atoms with Gasteiger partial charge in [0, 0.05) is 23.8 Å². The van der Waals surface area contributed by atoms with Crippen molar-refractivity contribution in [2.75, 3.05) is 0 Å². The van der Waals surface area contributed by atoms with E-state index in [0.717, 1.165) is 34.7 Å². The number of benzene rings is 1. The first-order valence-electron chi connectivity index (χ1n) is 9.25. The van der Waals surface area contributed by atoms with Crippen LogP contribution < -0.4 is 0 Å². The Morgan fingerprint density at radius 1 is 1.21 bits per heavy atom. The van der Waals surface area contributed by atoms with E-state index in [0.29, 0.717) is 29.2 Å². The van der Waals surface area contributed by atoms with E-state index in [1.807, 2.05) is 43.3 Å². The van der Waals surface area contributed by atoms with Gasteiger partial charge in [0.05, 0.1) is 23.2 Å². The SMILES string of the molecule is CCc1nn2c3c(nnc2c1-c1cccc(Cl)c1)C(=O)CC(c1ccco1)C3. The van der Waals surface area contributed by atoms with E-state index in [-0.39, 0.29) is 11.7 Å². The van der Waals surface area contributed by atoms with Crippen LogP contribution in [0, 0.1) is 0 Å².